The van der Waals surface area contributed by atoms with E-state index in [2.05, 4.69) is 0 Å². The number of hydrogen-bond donors (Lipinski definition) is 1. The Morgan fingerprint density at radius 3 is 2.38 bits per heavy atom. The maximum absolute atomic E-state index is 12.6. The molecule has 2 N–H and O–H groups in total. The summed E-state index contributed by atoms with van der Waals surface area (Å²) in [4.78, 5) is 25.7. The van der Waals surface area contributed by atoms with Crippen LogP contribution >= 0.6 is 12.2 Å². The number of likely N-dealkylation sites (N-methyl/N-ethyl adjacent to an activating group) is 1. The number of benzene rings is 1. The maximum Gasteiger partial charge on any atom is 0.325 e. The Kier molecular flexibility index (Phi) is 6.81. The van der Waals surface area contributed by atoms with Crippen molar-refractivity contribution in [3.63, 3.8) is 0 Å². The van der Waals surface area contributed by atoms with E-state index >= 15 is 0 Å². The maximum atomic E-state index is 12.6. The number of nitrogens with zero attached hydrogens (tertiary/aromatic N) is 1. The van der Waals surface area contributed by atoms with E-state index in [4.69, 9.17) is 22.7 Å². The van der Waals surface area contributed by atoms with E-state index in [1.165, 1.54) is 4.90 Å². The molecule has 1 unspecified atom stereocenters. The van der Waals surface area contributed by atoms with Crippen LogP contribution in [0.2, 0.25) is 0 Å². The van der Waals surface area contributed by atoms with Gasteiger partial charge < -0.3 is 15.4 Å². The Morgan fingerprint density at radius 2 is 1.90 bits per heavy atom. The highest BCUT2D eigenvalue weighted by Crippen LogP contribution is 2.19. The number of hydrogen-bond acceptors (Lipinski definition) is 4. The molecule has 0 saturated heterocycles. The van der Waals surface area contributed by atoms with Gasteiger partial charge in [-0.2, -0.15) is 0 Å². The zero-order valence-electron chi connectivity index (χ0n) is 12.2. The Hall–Kier alpha value is -1.95. The third kappa shape index (κ3) is 4.82. The van der Waals surface area contributed by atoms with Gasteiger partial charge in [-0.1, -0.05) is 42.5 Å². The van der Waals surface area contributed by atoms with Crippen molar-refractivity contribution in [3.05, 3.63) is 35.9 Å². The Balaban J connectivity index is 2.94. The minimum Gasteiger partial charge on any atom is -0.465 e. The minimum absolute atomic E-state index is 0.0912. The van der Waals surface area contributed by atoms with Crippen molar-refractivity contribution >= 4 is 29.1 Å². The molecule has 1 aromatic carbocycles. The van der Waals surface area contributed by atoms with Crippen LogP contribution in [0.15, 0.2) is 30.3 Å². The van der Waals surface area contributed by atoms with Gasteiger partial charge in [-0.15, -0.1) is 0 Å². The van der Waals surface area contributed by atoms with Gasteiger partial charge in [0.15, 0.2) is 0 Å². The molecule has 0 aliphatic rings. The average molecular weight is 308 g/mol. The standard InChI is InChI=1S/C15H20N2O3S/c1-3-17(10-12(18)20-4-2)15(19)13(14(16)21)11-8-6-5-7-9-11/h5-9,13H,3-4,10H2,1-2H3,(H2,16,21). The molecular weight excluding hydrogens is 288 g/mol. The van der Waals surface area contributed by atoms with Gasteiger partial charge in [0.2, 0.25) is 5.91 Å². The van der Waals surface area contributed by atoms with Crippen molar-refractivity contribution in [2.24, 2.45) is 5.73 Å². The van der Waals surface area contributed by atoms with Crippen LogP contribution in [0.25, 0.3) is 0 Å². The molecule has 5 nitrogen and oxygen atoms in total. The average Bonchev–Trinajstić information content (AvgIpc) is 2.45. The topological polar surface area (TPSA) is 72.6 Å². The highest BCUT2D eigenvalue weighted by molar-refractivity contribution is 7.80. The van der Waals surface area contributed by atoms with Crippen LogP contribution in [0.4, 0.5) is 0 Å². The van der Waals surface area contributed by atoms with Crippen LogP contribution < -0.4 is 5.73 Å². The first-order valence-electron chi connectivity index (χ1n) is 6.79. The van der Waals surface area contributed by atoms with Gasteiger partial charge in [0.1, 0.15) is 12.5 Å². The zero-order valence-corrected chi connectivity index (χ0v) is 13.1. The molecule has 1 rings (SSSR count). The van der Waals surface area contributed by atoms with Crippen molar-refractivity contribution in [2.45, 2.75) is 19.8 Å². The second kappa shape index (κ2) is 8.36. The van der Waals surface area contributed by atoms with Gasteiger partial charge in [0.05, 0.1) is 11.6 Å². The number of rotatable bonds is 7. The molecule has 0 radical (unpaired) electrons. The molecule has 0 aliphatic heterocycles. The van der Waals surface area contributed by atoms with Crippen molar-refractivity contribution in [1.82, 2.24) is 4.90 Å². The predicted octanol–water partition coefficient (Wildman–Crippen LogP) is 1.47. The van der Waals surface area contributed by atoms with Gasteiger partial charge in [-0.3, -0.25) is 9.59 Å². The Morgan fingerprint density at radius 1 is 1.29 bits per heavy atom. The molecule has 1 aromatic rings. The molecule has 0 spiro atoms. The molecule has 0 aliphatic carbocycles. The number of esters is 1. The second-order valence-electron chi connectivity index (χ2n) is 4.40. The fourth-order valence-electron chi connectivity index (χ4n) is 1.96. The molecule has 21 heavy (non-hydrogen) atoms. The van der Waals surface area contributed by atoms with Crippen LogP contribution in [-0.4, -0.2) is 41.5 Å². The molecule has 1 atom stereocenters. The molecule has 0 bridgehead atoms. The van der Waals surface area contributed by atoms with Crippen molar-refractivity contribution in [1.29, 1.82) is 0 Å². The number of ether oxygens (including phenoxy) is 1. The summed E-state index contributed by atoms with van der Waals surface area (Å²) >= 11 is 5.02. The second-order valence-corrected chi connectivity index (χ2v) is 4.87. The first-order valence-corrected chi connectivity index (χ1v) is 7.20. The highest BCUT2D eigenvalue weighted by Gasteiger charge is 2.28. The van der Waals surface area contributed by atoms with Gasteiger partial charge in [0, 0.05) is 6.54 Å². The lowest BCUT2D eigenvalue weighted by molar-refractivity contribution is -0.148. The number of carbonyl (C=O) groups is 2. The molecule has 0 saturated carbocycles. The summed E-state index contributed by atoms with van der Waals surface area (Å²) in [7, 11) is 0. The molecule has 0 heterocycles. The molecule has 6 heteroatoms. The van der Waals surface area contributed by atoms with E-state index in [0.29, 0.717) is 6.54 Å². The summed E-state index contributed by atoms with van der Waals surface area (Å²) in [6.07, 6.45) is 0. The first-order chi connectivity index (χ1) is 10.0. The van der Waals surface area contributed by atoms with Gasteiger partial charge in [-0.05, 0) is 19.4 Å². The lowest BCUT2D eigenvalue weighted by atomic mass is 9.97. The molecule has 1 amide bonds. The van der Waals surface area contributed by atoms with E-state index in [1.807, 2.05) is 18.2 Å². The number of thiocarbonyl (C=S) groups is 1. The van der Waals surface area contributed by atoms with Gasteiger partial charge in [0.25, 0.3) is 0 Å². The van der Waals surface area contributed by atoms with Crippen LogP contribution in [-0.2, 0) is 14.3 Å². The van der Waals surface area contributed by atoms with E-state index in [9.17, 15) is 9.59 Å². The fraction of sp³-hybridized carbons (Fsp3) is 0.400. The predicted molar refractivity (Wildman–Crippen MR) is 84.9 cm³/mol. The Labute approximate surface area is 130 Å². The fourth-order valence-corrected chi connectivity index (χ4v) is 2.20. The van der Waals surface area contributed by atoms with Crippen molar-refractivity contribution in [2.75, 3.05) is 19.7 Å². The summed E-state index contributed by atoms with van der Waals surface area (Å²) in [6, 6.07) is 9.06. The number of nitrogens with two attached hydrogens (primary N) is 1. The summed E-state index contributed by atoms with van der Waals surface area (Å²) in [6.45, 7) is 4.07. The quantitative estimate of drug-likeness (QED) is 0.610. The third-order valence-electron chi connectivity index (χ3n) is 2.98. The van der Waals surface area contributed by atoms with Gasteiger partial charge >= 0.3 is 5.97 Å². The van der Waals surface area contributed by atoms with Crippen molar-refractivity contribution in [3.8, 4) is 0 Å². The Bertz CT molecular complexity index is 505. The molecule has 114 valence electrons. The summed E-state index contributed by atoms with van der Waals surface area (Å²) < 4.78 is 4.87. The normalized spacial score (nSPS) is 11.5. The van der Waals surface area contributed by atoms with E-state index in [-0.39, 0.29) is 24.0 Å². The summed E-state index contributed by atoms with van der Waals surface area (Å²) in [5, 5.41) is 0. The van der Waals surface area contributed by atoms with Crippen LogP contribution in [0.1, 0.15) is 25.3 Å². The van der Waals surface area contributed by atoms with E-state index < -0.39 is 11.9 Å². The van der Waals surface area contributed by atoms with Crippen LogP contribution in [0.5, 0.6) is 0 Å². The summed E-state index contributed by atoms with van der Waals surface area (Å²) in [5.41, 5.74) is 6.44. The lowest BCUT2D eigenvalue weighted by Gasteiger charge is -2.25. The van der Waals surface area contributed by atoms with E-state index in [1.54, 1.807) is 26.0 Å². The number of amides is 1. The summed E-state index contributed by atoms with van der Waals surface area (Å²) in [5.74, 6) is -1.46. The van der Waals surface area contributed by atoms with Crippen molar-refractivity contribution < 1.29 is 14.3 Å². The highest BCUT2D eigenvalue weighted by atomic mass is 32.1. The smallest absolute Gasteiger partial charge is 0.325 e. The molecule has 0 aromatic heterocycles. The minimum atomic E-state index is -0.726. The van der Waals surface area contributed by atoms with Gasteiger partial charge in [-0.25, -0.2) is 0 Å². The van der Waals surface area contributed by atoms with Crippen LogP contribution in [0, 0.1) is 0 Å². The third-order valence-corrected chi connectivity index (χ3v) is 3.22. The monoisotopic (exact) mass is 308 g/mol. The lowest BCUT2D eigenvalue weighted by Crippen LogP contribution is -2.42. The first kappa shape index (κ1) is 17.1. The SMILES string of the molecule is CCOC(=O)CN(CC)C(=O)C(C(N)=S)c1ccccc1. The number of carbonyl (C=O) groups excluding carboxylic acids is 2. The van der Waals surface area contributed by atoms with Crippen LogP contribution in [0.3, 0.4) is 0 Å². The largest absolute Gasteiger partial charge is 0.465 e. The molecular formula is C15H20N2O3S. The zero-order chi connectivity index (χ0) is 15.8. The molecule has 0 fully saturated rings. The van der Waals surface area contributed by atoms with E-state index in [0.717, 1.165) is 5.56 Å².